The van der Waals surface area contributed by atoms with Crippen molar-refractivity contribution in [3.63, 3.8) is 0 Å². The predicted octanol–water partition coefficient (Wildman–Crippen LogP) is -1.16. The molecule has 28 heavy (non-hydrogen) atoms. The van der Waals surface area contributed by atoms with Crippen molar-refractivity contribution in [1.29, 1.82) is 0 Å². The fourth-order valence-electron chi connectivity index (χ4n) is 4.15. The Kier molecular flexibility index (Phi) is 5.27. The molecule has 0 saturated carbocycles. The Labute approximate surface area is 165 Å². The molecule has 0 amide bonds. The Morgan fingerprint density at radius 3 is 0.929 bits per heavy atom. The zero-order valence-corrected chi connectivity index (χ0v) is 17.8. The van der Waals surface area contributed by atoms with Crippen LogP contribution in [0.4, 0.5) is 0 Å². The summed E-state index contributed by atoms with van der Waals surface area (Å²) in [6.07, 6.45) is -5.69. The van der Waals surface area contributed by atoms with Crippen molar-refractivity contribution in [1.82, 2.24) is 17.2 Å². The van der Waals surface area contributed by atoms with Crippen LogP contribution in [0.2, 0.25) is 0 Å². The number of rotatable bonds is 4. The van der Waals surface area contributed by atoms with Crippen molar-refractivity contribution in [2.75, 3.05) is 26.2 Å². The Morgan fingerprint density at radius 1 is 0.536 bits per heavy atom. The highest BCUT2D eigenvalue weighted by molar-refractivity contribution is 7.87. The minimum absolute atomic E-state index is 0.201. The highest BCUT2D eigenvalue weighted by atomic mass is 32.2. The van der Waals surface area contributed by atoms with E-state index in [4.69, 9.17) is 18.9 Å². The number of ether oxygens (including phenoxy) is 4. The molecule has 14 heteroatoms. The summed E-state index contributed by atoms with van der Waals surface area (Å²) >= 11 is 0. The molecule has 0 aromatic carbocycles. The average Bonchev–Trinajstić information content (AvgIpc) is 2.97. The maximum atomic E-state index is 12.7. The van der Waals surface area contributed by atoms with Crippen LogP contribution in [0.25, 0.3) is 0 Å². The average molecular weight is 443 g/mol. The third-order valence-electron chi connectivity index (χ3n) is 5.37. The van der Waals surface area contributed by atoms with E-state index in [0.29, 0.717) is 0 Å². The van der Waals surface area contributed by atoms with Crippen LogP contribution >= 0.6 is 0 Å². The van der Waals surface area contributed by atoms with E-state index < -0.39 is 57.9 Å². The second kappa shape index (κ2) is 7.08. The second-order valence-electron chi connectivity index (χ2n) is 6.67. The van der Waals surface area contributed by atoms with Gasteiger partial charge in [-0.05, 0) is 0 Å². The first-order valence-corrected chi connectivity index (χ1v) is 12.2. The summed E-state index contributed by atoms with van der Waals surface area (Å²) in [6, 6.07) is 0. The van der Waals surface area contributed by atoms with Crippen LogP contribution in [0.1, 0.15) is 27.7 Å². The molecule has 4 fully saturated rings. The molecule has 4 aliphatic rings. The molecule has 0 N–H and O–H groups in total. The molecule has 4 rings (SSSR count). The highest BCUT2D eigenvalue weighted by Crippen LogP contribution is 2.42. The number of fused-ring (bicyclic) bond motifs is 3. The number of hydrogen-bond donors (Lipinski definition) is 0. The van der Waals surface area contributed by atoms with Crippen LogP contribution in [-0.4, -0.2) is 97.7 Å². The van der Waals surface area contributed by atoms with Crippen LogP contribution in [0.15, 0.2) is 0 Å². The van der Waals surface area contributed by atoms with E-state index >= 15 is 0 Å². The van der Waals surface area contributed by atoms with Crippen molar-refractivity contribution in [3.05, 3.63) is 0 Å². The lowest BCUT2D eigenvalue weighted by Gasteiger charge is -2.45. The Hall–Kier alpha value is -0.420. The molecule has 0 aliphatic carbocycles. The van der Waals surface area contributed by atoms with Crippen LogP contribution in [-0.2, 0) is 39.4 Å². The first-order chi connectivity index (χ1) is 13.2. The molecule has 162 valence electrons. The van der Waals surface area contributed by atoms with Gasteiger partial charge >= 0.3 is 0 Å². The van der Waals surface area contributed by atoms with Gasteiger partial charge in [0.1, 0.15) is 0 Å². The van der Waals surface area contributed by atoms with Crippen LogP contribution in [0.3, 0.4) is 0 Å². The Morgan fingerprint density at radius 2 is 0.750 bits per heavy atom. The third kappa shape index (κ3) is 2.71. The van der Waals surface area contributed by atoms with Crippen LogP contribution in [0.5, 0.6) is 0 Å². The van der Waals surface area contributed by atoms with Crippen LogP contribution in [0, 0.1) is 0 Å². The number of hydrogen-bond acceptors (Lipinski definition) is 8. The zero-order valence-electron chi connectivity index (χ0n) is 16.2. The molecule has 4 saturated heterocycles. The quantitative estimate of drug-likeness (QED) is 0.535. The molecular weight excluding hydrogens is 416 g/mol. The van der Waals surface area contributed by atoms with Gasteiger partial charge in [-0.15, -0.1) is 0 Å². The van der Waals surface area contributed by atoms with E-state index in [-0.39, 0.29) is 26.2 Å². The summed E-state index contributed by atoms with van der Waals surface area (Å²) in [5, 5.41) is 0. The summed E-state index contributed by atoms with van der Waals surface area (Å²) < 4.78 is 79.4. The number of likely N-dealkylation sites (N-methyl/N-ethyl adjacent to an activating group) is 4. The van der Waals surface area contributed by atoms with Gasteiger partial charge < -0.3 is 18.9 Å². The molecule has 2 unspecified atom stereocenters. The standard InChI is InChI=1S/C14H26N4O8S2/c1-5-15-9-10(16(6-2)27(15,19)20)24-14-13(23-9)25-11-12(26-14)18(8-4)28(21,22)17(11)7-3/h9-14H,5-8H2,1-4H3/t9-,10+,11+,12-,13?,14?. The molecule has 12 nitrogen and oxygen atoms in total. The highest BCUT2D eigenvalue weighted by Gasteiger charge is 2.63. The van der Waals surface area contributed by atoms with Crippen molar-refractivity contribution in [2.24, 2.45) is 0 Å². The SMILES string of the molecule is CCN1[C@@H]2OC3O[C@H]4[C@@H](OC3O[C@@H]2N(CC)S1(=O)=O)N(CC)S(=O)(=O)N4CC. The topological polar surface area (TPSA) is 118 Å². The van der Waals surface area contributed by atoms with Gasteiger partial charge in [-0.2, -0.15) is 34.1 Å². The second-order valence-corrected chi connectivity index (χ2v) is 10.3. The van der Waals surface area contributed by atoms with Gasteiger partial charge in [0, 0.05) is 26.2 Å². The summed E-state index contributed by atoms with van der Waals surface area (Å²) in [7, 11) is -7.47. The Bertz CT molecular complexity index is 703. The van der Waals surface area contributed by atoms with Crippen LogP contribution < -0.4 is 0 Å². The molecule has 4 aliphatic heterocycles. The lowest BCUT2D eigenvalue weighted by Crippen LogP contribution is -2.62. The first kappa shape index (κ1) is 20.8. The van der Waals surface area contributed by atoms with E-state index in [9.17, 15) is 16.8 Å². The molecule has 0 radical (unpaired) electrons. The van der Waals surface area contributed by atoms with Gasteiger partial charge in [0.25, 0.3) is 20.4 Å². The molecule has 0 aromatic heterocycles. The van der Waals surface area contributed by atoms with Crippen molar-refractivity contribution < 1.29 is 35.8 Å². The molecule has 4 heterocycles. The van der Waals surface area contributed by atoms with Crippen molar-refractivity contribution >= 4 is 20.4 Å². The lowest BCUT2D eigenvalue weighted by molar-refractivity contribution is -0.439. The van der Waals surface area contributed by atoms with Gasteiger partial charge in [0.15, 0.2) is 24.9 Å². The summed E-state index contributed by atoms with van der Waals surface area (Å²) in [5.41, 5.74) is 0. The van der Waals surface area contributed by atoms with E-state index in [0.717, 1.165) is 0 Å². The maximum absolute atomic E-state index is 12.7. The summed E-state index contributed by atoms with van der Waals surface area (Å²) in [6.45, 7) is 7.63. The fraction of sp³-hybridized carbons (Fsp3) is 1.00. The normalized spacial score (nSPS) is 43.6. The summed E-state index contributed by atoms with van der Waals surface area (Å²) in [4.78, 5) is 0. The van der Waals surface area contributed by atoms with Gasteiger partial charge in [0.05, 0.1) is 0 Å². The van der Waals surface area contributed by atoms with Gasteiger partial charge in [-0.1, -0.05) is 27.7 Å². The van der Waals surface area contributed by atoms with Crippen molar-refractivity contribution in [3.8, 4) is 0 Å². The molecular formula is C14H26N4O8S2. The van der Waals surface area contributed by atoms with Crippen molar-refractivity contribution in [2.45, 2.75) is 65.2 Å². The van der Waals surface area contributed by atoms with E-state index in [2.05, 4.69) is 0 Å². The predicted molar refractivity (Wildman–Crippen MR) is 94.4 cm³/mol. The first-order valence-electron chi connectivity index (χ1n) is 9.41. The third-order valence-corrected chi connectivity index (χ3v) is 9.61. The number of nitrogens with zero attached hydrogens (tertiary/aromatic N) is 4. The largest absolute Gasteiger partial charge is 0.324 e. The smallest absolute Gasteiger partial charge is 0.286 e. The van der Waals surface area contributed by atoms with Gasteiger partial charge in [-0.3, -0.25) is 0 Å². The van der Waals surface area contributed by atoms with E-state index in [1.807, 2.05) is 0 Å². The van der Waals surface area contributed by atoms with E-state index in [1.165, 1.54) is 17.2 Å². The van der Waals surface area contributed by atoms with Gasteiger partial charge in [-0.25, -0.2) is 0 Å². The van der Waals surface area contributed by atoms with E-state index in [1.54, 1.807) is 27.7 Å². The maximum Gasteiger partial charge on any atom is 0.286 e. The minimum Gasteiger partial charge on any atom is -0.324 e. The molecule has 0 spiro atoms. The lowest BCUT2D eigenvalue weighted by atomic mass is 10.3. The summed E-state index contributed by atoms with van der Waals surface area (Å²) in [5.74, 6) is 0. The van der Waals surface area contributed by atoms with Gasteiger partial charge in [0.2, 0.25) is 12.6 Å². The minimum atomic E-state index is -3.73. The molecule has 6 atom stereocenters. The Balaban J connectivity index is 1.64. The molecule has 0 bridgehead atoms. The fourth-order valence-corrected chi connectivity index (χ4v) is 7.66. The zero-order chi connectivity index (χ0) is 20.4. The monoisotopic (exact) mass is 442 g/mol. The molecule has 0 aromatic rings.